The number of nitrogens with two attached hydrogens (primary N) is 1. The van der Waals surface area contributed by atoms with Crippen molar-refractivity contribution in [3.8, 4) is 11.5 Å². The molecule has 6 nitrogen and oxygen atoms in total. The molecule has 1 aromatic carbocycles. The molecule has 3 rings (SSSR count). The summed E-state index contributed by atoms with van der Waals surface area (Å²) in [6.07, 6.45) is 1.45. The number of benzene rings is 1. The lowest BCUT2D eigenvalue weighted by molar-refractivity contribution is 0.171. The van der Waals surface area contributed by atoms with Crippen LogP contribution in [0.2, 0.25) is 0 Å². The normalized spacial score (nSPS) is 13.3. The van der Waals surface area contributed by atoms with Crippen LogP contribution in [0, 0.1) is 0 Å². The summed E-state index contributed by atoms with van der Waals surface area (Å²) in [5.74, 6) is 1.30. The van der Waals surface area contributed by atoms with Crippen LogP contribution in [0.1, 0.15) is 0 Å². The zero-order chi connectivity index (χ0) is 13.2. The van der Waals surface area contributed by atoms with Gasteiger partial charge in [-0.2, -0.15) is 0 Å². The smallest absolute Gasteiger partial charge is 0.251 e. The molecule has 0 spiro atoms. The Balaban J connectivity index is 1.94. The zero-order valence-electron chi connectivity index (χ0n) is 9.88. The number of nitrogens with zero attached hydrogens (tertiary/aromatic N) is 1. The van der Waals surface area contributed by atoms with Crippen molar-refractivity contribution < 1.29 is 9.47 Å². The van der Waals surface area contributed by atoms with E-state index < -0.39 is 0 Å². The number of fused-ring (bicyclic) bond motifs is 1. The van der Waals surface area contributed by atoms with Crippen LogP contribution in [0.25, 0.3) is 0 Å². The van der Waals surface area contributed by atoms with Crippen LogP contribution in [0.4, 0.5) is 5.69 Å². The summed E-state index contributed by atoms with van der Waals surface area (Å²) >= 11 is 1.27. The Hall–Kier alpha value is -2.15. The zero-order valence-corrected chi connectivity index (χ0v) is 10.7. The Morgan fingerprint density at radius 1 is 1.26 bits per heavy atom. The maximum absolute atomic E-state index is 11.2. The molecule has 3 N–H and O–H groups in total. The van der Waals surface area contributed by atoms with Gasteiger partial charge in [0.05, 0.1) is 0 Å². The number of ether oxygens (including phenoxy) is 2. The standard InChI is InChI=1S/C12H11N3O3S/c13-7-5-8-9(18-4-3-17-8)6-10(7)19-12-14-2-1-11(16)15-12/h1-2,5-6H,3-4,13H2,(H,14,15,16). The van der Waals surface area contributed by atoms with Crippen molar-refractivity contribution >= 4 is 17.4 Å². The monoisotopic (exact) mass is 277 g/mol. The highest BCUT2D eigenvalue weighted by Crippen LogP contribution is 2.39. The van der Waals surface area contributed by atoms with Gasteiger partial charge in [0.1, 0.15) is 13.2 Å². The van der Waals surface area contributed by atoms with Gasteiger partial charge in [-0.15, -0.1) is 0 Å². The number of nitrogen functional groups attached to an aromatic ring is 1. The van der Waals surface area contributed by atoms with Crippen LogP contribution in [0.15, 0.2) is 39.2 Å². The highest BCUT2D eigenvalue weighted by Gasteiger charge is 2.15. The van der Waals surface area contributed by atoms with Crippen molar-refractivity contribution in [2.75, 3.05) is 18.9 Å². The fourth-order valence-corrected chi connectivity index (χ4v) is 2.50. The molecular formula is C12H11N3O3S. The highest BCUT2D eigenvalue weighted by molar-refractivity contribution is 7.99. The molecule has 0 aliphatic carbocycles. The van der Waals surface area contributed by atoms with Crippen molar-refractivity contribution in [2.45, 2.75) is 10.1 Å². The summed E-state index contributed by atoms with van der Waals surface area (Å²) in [5.41, 5.74) is 6.31. The number of aromatic nitrogens is 2. The third-order valence-electron chi connectivity index (χ3n) is 2.53. The van der Waals surface area contributed by atoms with Crippen molar-refractivity contribution in [3.05, 3.63) is 34.7 Å². The lowest BCUT2D eigenvalue weighted by Gasteiger charge is -2.19. The Morgan fingerprint density at radius 2 is 2.00 bits per heavy atom. The molecule has 1 aliphatic heterocycles. The Labute approximate surface area is 113 Å². The molecule has 0 radical (unpaired) electrons. The molecule has 2 heterocycles. The summed E-state index contributed by atoms with van der Waals surface area (Å²) in [5, 5.41) is 0.482. The average Bonchev–Trinajstić information content (AvgIpc) is 2.40. The van der Waals surface area contributed by atoms with E-state index in [-0.39, 0.29) is 5.56 Å². The molecule has 0 amide bonds. The number of hydrogen-bond acceptors (Lipinski definition) is 6. The Bertz CT molecular complexity index is 672. The molecular weight excluding hydrogens is 266 g/mol. The van der Waals surface area contributed by atoms with Gasteiger partial charge >= 0.3 is 0 Å². The quantitative estimate of drug-likeness (QED) is 0.634. The number of nitrogens with one attached hydrogen (secondary N) is 1. The van der Waals surface area contributed by atoms with Crippen molar-refractivity contribution in [3.63, 3.8) is 0 Å². The largest absolute Gasteiger partial charge is 0.486 e. The van der Waals surface area contributed by atoms with Crippen molar-refractivity contribution in [2.24, 2.45) is 0 Å². The molecule has 0 unspecified atom stereocenters. The number of rotatable bonds is 2. The third-order valence-corrected chi connectivity index (χ3v) is 3.50. The second kappa shape index (κ2) is 4.85. The summed E-state index contributed by atoms with van der Waals surface area (Å²) in [6.45, 7) is 1.04. The van der Waals surface area contributed by atoms with Gasteiger partial charge in [-0.3, -0.25) is 4.79 Å². The molecule has 1 aromatic heterocycles. The molecule has 98 valence electrons. The van der Waals surface area contributed by atoms with Gasteiger partial charge in [-0.25, -0.2) is 4.98 Å². The molecule has 2 aromatic rings. The first kappa shape index (κ1) is 11.9. The van der Waals surface area contributed by atoms with E-state index in [0.29, 0.717) is 35.6 Å². The minimum Gasteiger partial charge on any atom is -0.486 e. The van der Waals surface area contributed by atoms with E-state index in [1.165, 1.54) is 24.0 Å². The first-order valence-corrected chi connectivity index (χ1v) is 6.46. The number of anilines is 1. The van der Waals surface area contributed by atoms with Crippen LogP contribution in [0.5, 0.6) is 11.5 Å². The summed E-state index contributed by atoms with van der Waals surface area (Å²) in [7, 11) is 0. The molecule has 19 heavy (non-hydrogen) atoms. The van der Waals surface area contributed by atoms with E-state index in [1.54, 1.807) is 12.1 Å². The van der Waals surface area contributed by atoms with E-state index >= 15 is 0 Å². The summed E-state index contributed by atoms with van der Waals surface area (Å²) in [6, 6.07) is 4.87. The van der Waals surface area contributed by atoms with E-state index in [1.807, 2.05) is 0 Å². The second-order valence-corrected chi connectivity index (χ2v) is 4.91. The molecule has 0 fully saturated rings. The molecule has 0 bridgehead atoms. The van der Waals surface area contributed by atoms with Crippen LogP contribution in [-0.2, 0) is 0 Å². The van der Waals surface area contributed by atoms with Gasteiger partial charge < -0.3 is 20.2 Å². The van der Waals surface area contributed by atoms with Crippen LogP contribution >= 0.6 is 11.8 Å². The topological polar surface area (TPSA) is 90.2 Å². The maximum Gasteiger partial charge on any atom is 0.251 e. The van der Waals surface area contributed by atoms with E-state index in [9.17, 15) is 4.79 Å². The SMILES string of the molecule is Nc1cc2c(cc1Sc1nccc(=O)[nH]1)OCCO2. The molecule has 1 aliphatic rings. The second-order valence-electron chi connectivity index (χ2n) is 3.87. The third kappa shape index (κ3) is 2.50. The van der Waals surface area contributed by atoms with E-state index in [2.05, 4.69) is 9.97 Å². The van der Waals surface area contributed by atoms with Crippen molar-refractivity contribution in [1.82, 2.24) is 9.97 Å². The molecule has 7 heteroatoms. The maximum atomic E-state index is 11.2. The number of aromatic amines is 1. The van der Waals surface area contributed by atoms with Gasteiger partial charge in [0.15, 0.2) is 16.7 Å². The lowest BCUT2D eigenvalue weighted by Crippen LogP contribution is -2.15. The average molecular weight is 277 g/mol. The minimum atomic E-state index is -0.200. The van der Waals surface area contributed by atoms with E-state index in [4.69, 9.17) is 15.2 Å². The van der Waals surface area contributed by atoms with Crippen LogP contribution < -0.4 is 20.8 Å². The fourth-order valence-electron chi connectivity index (χ4n) is 1.68. The van der Waals surface area contributed by atoms with Crippen LogP contribution in [0.3, 0.4) is 0 Å². The first-order valence-electron chi connectivity index (χ1n) is 5.65. The number of H-pyrrole nitrogens is 1. The molecule has 0 saturated carbocycles. The first-order chi connectivity index (χ1) is 9.22. The van der Waals surface area contributed by atoms with Gasteiger partial charge in [0, 0.05) is 35.0 Å². The predicted molar refractivity (Wildman–Crippen MR) is 70.8 cm³/mol. The van der Waals surface area contributed by atoms with Gasteiger partial charge in [0.25, 0.3) is 5.56 Å². The highest BCUT2D eigenvalue weighted by atomic mass is 32.2. The number of hydrogen-bond donors (Lipinski definition) is 2. The van der Waals surface area contributed by atoms with Gasteiger partial charge in [0.2, 0.25) is 0 Å². The fraction of sp³-hybridized carbons (Fsp3) is 0.167. The predicted octanol–water partition coefficient (Wildman–Crippen LogP) is 1.27. The van der Waals surface area contributed by atoms with Crippen molar-refractivity contribution in [1.29, 1.82) is 0 Å². The Kier molecular flexibility index (Phi) is 3.04. The van der Waals surface area contributed by atoms with E-state index in [0.717, 1.165) is 4.90 Å². The van der Waals surface area contributed by atoms with Gasteiger partial charge in [-0.05, 0) is 11.8 Å². The summed E-state index contributed by atoms with van der Waals surface area (Å²) in [4.78, 5) is 18.7. The molecule has 0 atom stereocenters. The minimum absolute atomic E-state index is 0.200. The molecule has 0 saturated heterocycles. The Morgan fingerprint density at radius 3 is 2.74 bits per heavy atom. The summed E-state index contributed by atoms with van der Waals surface area (Å²) < 4.78 is 10.9. The lowest BCUT2D eigenvalue weighted by atomic mass is 10.2. The van der Waals surface area contributed by atoms with Crippen LogP contribution in [-0.4, -0.2) is 23.2 Å². The van der Waals surface area contributed by atoms with Gasteiger partial charge in [-0.1, -0.05) is 0 Å².